The van der Waals surface area contributed by atoms with Crippen LogP contribution in [0.3, 0.4) is 0 Å². The smallest absolute Gasteiger partial charge is 0.330 e. The number of benzene rings is 1. The lowest BCUT2D eigenvalue weighted by atomic mass is 9.94. The van der Waals surface area contributed by atoms with Gasteiger partial charge in [-0.2, -0.15) is 8.42 Å². The number of nitrogens with zero attached hydrogens (tertiary/aromatic N) is 3. The molecular formula is C13H17FN4O2S. The predicted molar refractivity (Wildman–Crippen MR) is 76.6 cm³/mol. The van der Waals surface area contributed by atoms with Crippen LogP contribution < -0.4 is 5.73 Å². The lowest BCUT2D eigenvalue weighted by Crippen LogP contribution is -2.29. The number of hydrogen-bond acceptors (Lipinski definition) is 5. The fourth-order valence-corrected chi connectivity index (χ4v) is 2.26. The Morgan fingerprint density at radius 3 is 2.43 bits per heavy atom. The summed E-state index contributed by atoms with van der Waals surface area (Å²) in [4.78, 5) is -0.372. The molecule has 0 aliphatic rings. The van der Waals surface area contributed by atoms with Gasteiger partial charge in [-0.05, 0) is 24.1 Å². The van der Waals surface area contributed by atoms with Crippen molar-refractivity contribution in [3.63, 3.8) is 0 Å². The van der Waals surface area contributed by atoms with E-state index in [0.29, 0.717) is 24.3 Å². The Balaban J connectivity index is 2.22. The van der Waals surface area contributed by atoms with Crippen LogP contribution >= 0.6 is 0 Å². The van der Waals surface area contributed by atoms with Gasteiger partial charge in [0, 0.05) is 12.1 Å². The summed E-state index contributed by atoms with van der Waals surface area (Å²) >= 11 is 0. The molecule has 0 unspecified atom stereocenters. The molecule has 1 aromatic heterocycles. The SMILES string of the molecule is CC(C)(CN)Cn1cc(-c2ccc(S(=O)(=O)F)cc2)nn1. The average Bonchev–Trinajstić information content (AvgIpc) is 2.86. The lowest BCUT2D eigenvalue weighted by molar-refractivity contribution is 0.298. The standard InChI is InChI=1S/C13H17FN4O2S/c1-13(2,8-15)9-18-7-12(16-17-18)10-3-5-11(6-4-10)21(14,19)20/h3-7H,8-9,15H2,1-2H3. The maximum absolute atomic E-state index is 12.8. The van der Waals surface area contributed by atoms with Crippen molar-refractivity contribution in [2.24, 2.45) is 11.1 Å². The molecule has 114 valence electrons. The highest BCUT2D eigenvalue weighted by molar-refractivity contribution is 7.86. The first-order valence-corrected chi connectivity index (χ1v) is 7.75. The number of nitrogens with two attached hydrogens (primary N) is 1. The zero-order valence-corrected chi connectivity index (χ0v) is 12.6. The van der Waals surface area contributed by atoms with E-state index >= 15 is 0 Å². The molecular weight excluding hydrogens is 295 g/mol. The highest BCUT2D eigenvalue weighted by Crippen LogP contribution is 2.21. The molecule has 2 rings (SSSR count). The van der Waals surface area contributed by atoms with Gasteiger partial charge in [0.25, 0.3) is 0 Å². The molecule has 0 fully saturated rings. The molecule has 0 bridgehead atoms. The van der Waals surface area contributed by atoms with Gasteiger partial charge in [0.15, 0.2) is 0 Å². The molecule has 8 heteroatoms. The van der Waals surface area contributed by atoms with Crippen LogP contribution in [0.4, 0.5) is 3.89 Å². The van der Waals surface area contributed by atoms with Crippen LogP contribution in [0, 0.1) is 5.41 Å². The van der Waals surface area contributed by atoms with Gasteiger partial charge in [-0.25, -0.2) is 0 Å². The first-order valence-electron chi connectivity index (χ1n) is 6.37. The molecule has 0 saturated heterocycles. The topological polar surface area (TPSA) is 90.9 Å². The van der Waals surface area contributed by atoms with E-state index in [2.05, 4.69) is 10.3 Å². The van der Waals surface area contributed by atoms with Crippen LogP contribution in [0.2, 0.25) is 0 Å². The van der Waals surface area contributed by atoms with Crippen molar-refractivity contribution in [3.05, 3.63) is 30.5 Å². The molecule has 2 aromatic rings. The monoisotopic (exact) mass is 312 g/mol. The molecule has 21 heavy (non-hydrogen) atoms. The Bertz CT molecular complexity index is 723. The summed E-state index contributed by atoms with van der Waals surface area (Å²) in [6, 6.07) is 5.39. The number of aromatic nitrogens is 3. The molecule has 0 spiro atoms. The lowest BCUT2D eigenvalue weighted by Gasteiger charge is -2.21. The molecule has 1 heterocycles. The Kier molecular flexibility index (Phi) is 4.11. The van der Waals surface area contributed by atoms with Crippen molar-refractivity contribution in [1.82, 2.24) is 15.0 Å². The normalized spacial score (nSPS) is 12.6. The minimum atomic E-state index is -4.68. The second kappa shape index (κ2) is 5.53. The minimum Gasteiger partial charge on any atom is -0.330 e. The highest BCUT2D eigenvalue weighted by Gasteiger charge is 2.18. The molecule has 1 aromatic carbocycles. The third-order valence-corrected chi connectivity index (χ3v) is 3.95. The van der Waals surface area contributed by atoms with Gasteiger partial charge in [-0.15, -0.1) is 8.98 Å². The third-order valence-electron chi connectivity index (χ3n) is 3.11. The van der Waals surface area contributed by atoms with Crippen molar-refractivity contribution in [2.45, 2.75) is 25.3 Å². The molecule has 6 nitrogen and oxygen atoms in total. The summed E-state index contributed by atoms with van der Waals surface area (Å²) in [7, 11) is -4.68. The largest absolute Gasteiger partial charge is 0.332 e. The van der Waals surface area contributed by atoms with Crippen LogP contribution in [-0.4, -0.2) is 30.0 Å². The van der Waals surface area contributed by atoms with Crippen molar-refractivity contribution in [2.75, 3.05) is 6.54 Å². The second-order valence-corrected chi connectivity index (χ2v) is 6.98. The van der Waals surface area contributed by atoms with E-state index < -0.39 is 10.2 Å². The van der Waals surface area contributed by atoms with Crippen LogP contribution in [0.25, 0.3) is 11.3 Å². The van der Waals surface area contributed by atoms with Crippen molar-refractivity contribution in [3.8, 4) is 11.3 Å². The zero-order chi connectivity index (χ0) is 15.7. The molecule has 0 aliphatic heterocycles. The zero-order valence-electron chi connectivity index (χ0n) is 11.8. The van der Waals surface area contributed by atoms with Gasteiger partial charge in [0.2, 0.25) is 0 Å². The Labute approximate surface area is 123 Å². The van der Waals surface area contributed by atoms with Crippen molar-refractivity contribution >= 4 is 10.2 Å². The van der Waals surface area contributed by atoms with E-state index in [1.54, 1.807) is 10.9 Å². The average molecular weight is 312 g/mol. The van der Waals surface area contributed by atoms with E-state index in [9.17, 15) is 12.3 Å². The van der Waals surface area contributed by atoms with E-state index in [0.717, 1.165) is 0 Å². The summed E-state index contributed by atoms with van der Waals surface area (Å²) in [5.74, 6) is 0. The van der Waals surface area contributed by atoms with Gasteiger partial charge in [-0.1, -0.05) is 31.2 Å². The van der Waals surface area contributed by atoms with E-state index in [-0.39, 0.29) is 10.3 Å². The maximum atomic E-state index is 12.8. The van der Waals surface area contributed by atoms with Gasteiger partial charge in [-0.3, -0.25) is 4.68 Å². The predicted octanol–water partition coefficient (Wildman–Crippen LogP) is 1.59. The van der Waals surface area contributed by atoms with E-state index in [4.69, 9.17) is 5.73 Å². The first-order chi connectivity index (χ1) is 9.71. The number of rotatable bonds is 5. The molecule has 2 N–H and O–H groups in total. The molecule has 0 radical (unpaired) electrons. The Morgan fingerprint density at radius 2 is 1.90 bits per heavy atom. The fraction of sp³-hybridized carbons (Fsp3) is 0.385. The van der Waals surface area contributed by atoms with Crippen LogP contribution in [0.5, 0.6) is 0 Å². The highest BCUT2D eigenvalue weighted by atomic mass is 32.3. The molecule has 0 aliphatic carbocycles. The van der Waals surface area contributed by atoms with E-state index in [1.165, 1.54) is 24.3 Å². The Hall–Kier alpha value is -1.80. The summed E-state index contributed by atoms with van der Waals surface area (Å²) in [6.07, 6.45) is 1.75. The van der Waals surface area contributed by atoms with Gasteiger partial charge in [0.1, 0.15) is 5.69 Å². The third kappa shape index (κ3) is 3.85. The summed E-state index contributed by atoms with van der Waals surface area (Å²) in [6.45, 7) is 5.18. The minimum absolute atomic E-state index is 0.100. The summed E-state index contributed by atoms with van der Waals surface area (Å²) < 4.78 is 36.0. The maximum Gasteiger partial charge on any atom is 0.332 e. The van der Waals surface area contributed by atoms with Gasteiger partial charge < -0.3 is 5.73 Å². The summed E-state index contributed by atoms with van der Waals surface area (Å²) in [5, 5.41) is 8.04. The number of halogens is 1. The fourth-order valence-electron chi connectivity index (χ4n) is 1.80. The van der Waals surface area contributed by atoms with Crippen molar-refractivity contribution < 1.29 is 12.3 Å². The molecule has 0 atom stereocenters. The van der Waals surface area contributed by atoms with Gasteiger partial charge >= 0.3 is 10.2 Å². The van der Waals surface area contributed by atoms with E-state index in [1.807, 2.05) is 13.8 Å². The molecule has 0 amide bonds. The van der Waals surface area contributed by atoms with Crippen LogP contribution in [0.15, 0.2) is 35.4 Å². The van der Waals surface area contributed by atoms with Crippen LogP contribution in [0.1, 0.15) is 13.8 Å². The number of hydrogen-bond donors (Lipinski definition) is 1. The quantitative estimate of drug-likeness (QED) is 0.847. The first kappa shape index (κ1) is 15.6. The van der Waals surface area contributed by atoms with Crippen molar-refractivity contribution in [1.29, 1.82) is 0 Å². The van der Waals surface area contributed by atoms with Gasteiger partial charge in [0.05, 0.1) is 11.1 Å². The second-order valence-electron chi connectivity index (χ2n) is 5.63. The Morgan fingerprint density at radius 1 is 1.29 bits per heavy atom. The summed E-state index contributed by atoms with van der Waals surface area (Å²) in [5.41, 5.74) is 6.83. The molecule has 0 saturated carbocycles. The van der Waals surface area contributed by atoms with Crippen LogP contribution in [-0.2, 0) is 16.8 Å².